The number of likely N-dealkylation sites (tertiary alicyclic amines) is 3. The number of hydrogen-bond acceptors (Lipinski definition) is 20. The van der Waals surface area contributed by atoms with Crippen molar-refractivity contribution < 1.29 is 42.3 Å². The maximum absolute atomic E-state index is 13.0. The number of anilines is 6. The second kappa shape index (κ2) is 37.5. The molecule has 23 nitrogen and oxygen atoms in total. The van der Waals surface area contributed by atoms with E-state index in [-0.39, 0.29) is 64.4 Å². The van der Waals surface area contributed by atoms with Gasteiger partial charge in [-0.05, 0) is 155 Å². The number of benzene rings is 4. The number of thiazole rings is 3. The molecule has 0 aliphatic carbocycles. The molecule has 0 bridgehead atoms. The molecule has 3 fully saturated rings. The number of carbonyl (C=O) groups excluding carboxylic acids is 6. The molecule has 0 saturated carbocycles. The Morgan fingerprint density at radius 3 is 1.37 bits per heavy atom. The first-order chi connectivity index (χ1) is 51.4. The molecule has 12 rings (SSSR count). The van der Waals surface area contributed by atoms with Crippen molar-refractivity contribution in [1.82, 2.24) is 39.6 Å². The molecule has 107 heavy (non-hydrogen) atoms. The molecule has 26 heteroatoms. The van der Waals surface area contributed by atoms with Gasteiger partial charge >= 0.3 is 0 Å². The minimum Gasteiger partial charge on any atom is -0.445 e. The van der Waals surface area contributed by atoms with E-state index >= 15 is 0 Å². The second-order valence-corrected chi connectivity index (χ2v) is 31.6. The first kappa shape index (κ1) is 78.9. The Labute approximate surface area is 637 Å². The summed E-state index contributed by atoms with van der Waals surface area (Å²) in [6.07, 6.45) is 23.8. The van der Waals surface area contributed by atoms with Gasteiger partial charge in [0.05, 0.1) is 30.5 Å². The number of nitrogens with one attached hydrogen (secondary N) is 6. The maximum Gasteiger partial charge on any atom is 0.253 e. The number of carbonyl (C=O) groups is 6. The second-order valence-electron chi connectivity index (χ2n) is 28.3. The largest absolute Gasteiger partial charge is 0.445 e. The third kappa shape index (κ3) is 23.9. The van der Waals surface area contributed by atoms with Crippen LogP contribution in [0.1, 0.15) is 160 Å². The van der Waals surface area contributed by atoms with Crippen molar-refractivity contribution in [1.29, 1.82) is 0 Å². The predicted octanol–water partition coefficient (Wildman–Crippen LogP) is 15.5. The fraction of sp³-hybridized carbons (Fsp3) is 0.346. The topological polar surface area (TPSA) is 284 Å². The molecule has 0 unspecified atom stereocenters. The summed E-state index contributed by atoms with van der Waals surface area (Å²) in [4.78, 5) is 105. The third-order valence-electron chi connectivity index (χ3n) is 17.6. The fourth-order valence-electron chi connectivity index (χ4n) is 11.9. The molecular weight excluding hydrogens is 1410 g/mol. The number of amides is 6. The van der Waals surface area contributed by atoms with Crippen molar-refractivity contribution in [2.75, 3.05) is 71.2 Å². The molecule has 3 atom stereocenters. The quantitative estimate of drug-likeness (QED) is 0.0307. The molecule has 9 aromatic rings. The normalized spacial score (nSPS) is 15.9. The summed E-state index contributed by atoms with van der Waals surface area (Å²) >= 11 is 4.77. The minimum absolute atomic E-state index is 0.0106. The van der Waals surface area contributed by atoms with Gasteiger partial charge in [0, 0.05) is 143 Å². The van der Waals surface area contributed by atoms with Crippen LogP contribution in [0.2, 0.25) is 0 Å². The van der Waals surface area contributed by atoms with Crippen LogP contribution in [0.15, 0.2) is 175 Å². The van der Waals surface area contributed by atoms with Crippen LogP contribution in [-0.4, -0.2) is 132 Å². The van der Waals surface area contributed by atoms with E-state index in [1.54, 1.807) is 113 Å². The summed E-state index contributed by atoms with van der Waals surface area (Å²) in [6, 6.07) is 29.5. The number of rotatable bonds is 24. The van der Waals surface area contributed by atoms with Gasteiger partial charge in [-0.1, -0.05) is 114 Å². The highest BCUT2D eigenvalue weighted by Gasteiger charge is 2.29. The van der Waals surface area contributed by atoms with Gasteiger partial charge in [-0.3, -0.25) is 28.8 Å². The highest BCUT2D eigenvalue weighted by Crippen LogP contribution is 2.30. The number of piperidine rings is 3. The highest BCUT2D eigenvalue weighted by atomic mass is 32.1. The zero-order valence-electron chi connectivity index (χ0n) is 61.7. The van der Waals surface area contributed by atoms with Crippen LogP contribution in [-0.2, 0) is 56.0 Å². The zero-order chi connectivity index (χ0) is 76.0. The van der Waals surface area contributed by atoms with Crippen molar-refractivity contribution in [3.8, 4) is 0 Å². The van der Waals surface area contributed by atoms with E-state index in [2.05, 4.69) is 143 Å². The summed E-state index contributed by atoms with van der Waals surface area (Å²) in [7, 11) is 0. The van der Waals surface area contributed by atoms with Crippen molar-refractivity contribution in [3.05, 3.63) is 232 Å². The van der Waals surface area contributed by atoms with Gasteiger partial charge in [-0.15, -0.1) is 11.3 Å². The van der Waals surface area contributed by atoms with Crippen LogP contribution in [0.25, 0.3) is 12.2 Å². The third-order valence-corrected chi connectivity index (χ3v) is 20.4. The van der Waals surface area contributed by atoms with E-state index in [9.17, 15) is 28.8 Å². The average molecular weight is 1500 g/mol. The first-order valence-electron chi connectivity index (χ1n) is 35.8. The summed E-state index contributed by atoms with van der Waals surface area (Å²) in [6.45, 7) is 30.1. The van der Waals surface area contributed by atoms with Gasteiger partial charge < -0.3 is 60.2 Å². The summed E-state index contributed by atoms with van der Waals surface area (Å²) in [5, 5.41) is 21.1. The Morgan fingerprint density at radius 1 is 0.505 bits per heavy atom. The molecule has 6 N–H and O–H groups in total. The molecule has 3 saturated heterocycles. The molecule has 0 spiro atoms. The van der Waals surface area contributed by atoms with Crippen LogP contribution in [0.5, 0.6) is 0 Å². The lowest BCUT2D eigenvalue weighted by atomic mass is 9.94. The van der Waals surface area contributed by atoms with E-state index in [0.717, 1.165) is 113 Å². The van der Waals surface area contributed by atoms with Crippen LogP contribution in [0.3, 0.4) is 0 Å². The standard InChI is InChI=1S/C27H33N5O3S.C27H31N5O3S.C27H30N4O3S/c2*1-5-23(33)30-19-10-8-18(9-11-19)25(34)32-14-6-7-20(17-32)31-26-29-15-21(36-26)12-13-24-28-16-22(35-24)27(2,3)4;1-3-25(32)29-22-11-9-21(10-12-22)26(33)31-13-5-8-23(16-31)30-27-28-15-24(35-27)18-34-17-20-7-4-6-19(2)14-20/h5,8-11,15-16,20H,1,6-7,12-14,17H2,2-4H3,(H,29,31)(H,30,33);5,8-13,15-16,20H,1,6-7,14,17H2,2-4H3,(H,29,31)(H,30,33);3-4,6-7,9-12,14-15,23H,1,5,8,13,16-18H2,2H3,(H,28,30)(H,29,32)/b;13-12+;/t2*20-;23-/m111/s1. The first-order valence-corrected chi connectivity index (χ1v) is 38.2. The van der Waals surface area contributed by atoms with Crippen molar-refractivity contribution in [3.63, 3.8) is 0 Å². The van der Waals surface area contributed by atoms with E-state index in [0.29, 0.717) is 79.0 Å². The summed E-state index contributed by atoms with van der Waals surface area (Å²) in [5.41, 5.74) is 5.95. The molecule has 8 heterocycles. The van der Waals surface area contributed by atoms with Crippen LogP contribution in [0.4, 0.5) is 32.5 Å². The molecule has 0 radical (unpaired) electrons. The molecule has 3 aliphatic heterocycles. The fourth-order valence-corrected chi connectivity index (χ4v) is 14.4. The zero-order valence-corrected chi connectivity index (χ0v) is 64.1. The Bertz CT molecular complexity index is 4540. The number of ether oxygens (including phenoxy) is 1. The highest BCUT2D eigenvalue weighted by molar-refractivity contribution is 7.16. The molecule has 560 valence electrons. The lowest BCUT2D eigenvalue weighted by Gasteiger charge is -2.33. The minimum atomic E-state index is -0.285. The average Bonchev–Trinajstić information content (AvgIpc) is 1.55. The summed E-state index contributed by atoms with van der Waals surface area (Å²) in [5.74, 6) is 2.18. The lowest BCUT2D eigenvalue weighted by Crippen LogP contribution is -2.45. The van der Waals surface area contributed by atoms with E-state index in [1.165, 1.54) is 28.7 Å². The van der Waals surface area contributed by atoms with Crippen molar-refractivity contribution in [2.45, 2.75) is 142 Å². The van der Waals surface area contributed by atoms with Crippen LogP contribution < -0.4 is 31.9 Å². The van der Waals surface area contributed by atoms with Crippen molar-refractivity contribution >= 4 is 114 Å². The van der Waals surface area contributed by atoms with Gasteiger partial charge in [-0.25, -0.2) is 24.9 Å². The lowest BCUT2D eigenvalue weighted by molar-refractivity contribution is -0.112. The number of aryl methyl sites for hydroxylation is 3. The smallest absolute Gasteiger partial charge is 0.253 e. The van der Waals surface area contributed by atoms with Gasteiger partial charge in [0.15, 0.2) is 21.3 Å². The van der Waals surface area contributed by atoms with Crippen molar-refractivity contribution in [2.24, 2.45) is 0 Å². The number of aromatic nitrogens is 5. The number of oxazole rings is 2. The van der Waals surface area contributed by atoms with Crippen LogP contribution in [0, 0.1) is 6.92 Å². The van der Waals surface area contributed by atoms with Gasteiger partial charge in [-0.2, -0.15) is 0 Å². The Balaban J connectivity index is 0.000000172. The monoisotopic (exact) mass is 1500 g/mol. The molecular formula is C81H94N14O9S3. The van der Waals surface area contributed by atoms with Gasteiger partial charge in [0.25, 0.3) is 17.7 Å². The maximum atomic E-state index is 13.0. The Hall–Kier alpha value is -10.7. The van der Waals surface area contributed by atoms with Crippen LogP contribution >= 0.6 is 34.0 Å². The Kier molecular flexibility index (Phi) is 27.7. The SMILES string of the molecule is C=CC(=O)Nc1ccc(C(=O)N2CCC[C@@H](Nc3ncc(/C=C/c4ncc(C(C)(C)C)o4)s3)C2)cc1.C=CC(=O)Nc1ccc(C(=O)N2CCC[C@@H](Nc3ncc(CCc4ncc(C(C)(C)C)o4)s3)C2)cc1.C=CC(=O)Nc1ccc(C(=O)N2CCC[C@@H](Nc3ncc(COCc4cccc(C)c4)s3)C2)cc1. The molecule has 5 aromatic heterocycles. The van der Waals surface area contributed by atoms with E-state index < -0.39 is 0 Å². The van der Waals surface area contributed by atoms with E-state index in [4.69, 9.17) is 13.6 Å². The predicted molar refractivity (Wildman–Crippen MR) is 426 cm³/mol. The molecule has 3 aliphatic rings. The van der Waals surface area contributed by atoms with E-state index in [1.807, 2.05) is 57.7 Å². The Morgan fingerprint density at radius 2 is 0.935 bits per heavy atom. The number of nitrogens with zero attached hydrogens (tertiary/aromatic N) is 8. The van der Waals surface area contributed by atoms with Gasteiger partial charge in [0.2, 0.25) is 23.6 Å². The summed E-state index contributed by atoms with van der Waals surface area (Å²) < 4.78 is 17.6. The van der Waals surface area contributed by atoms with Gasteiger partial charge in [0.1, 0.15) is 11.5 Å². The molecule has 4 aromatic carbocycles. The number of hydrogen-bond donors (Lipinski definition) is 6. The molecule has 6 amide bonds.